The van der Waals surface area contributed by atoms with Crippen molar-refractivity contribution in [3.63, 3.8) is 0 Å². The van der Waals surface area contributed by atoms with Gasteiger partial charge < -0.3 is 4.90 Å². The molecule has 0 aliphatic carbocycles. The van der Waals surface area contributed by atoms with Crippen molar-refractivity contribution in [3.8, 4) is 0 Å². The van der Waals surface area contributed by atoms with Crippen molar-refractivity contribution in [1.82, 2.24) is 0 Å². The molecule has 0 saturated carbocycles. The molecule has 0 unspecified atom stereocenters. The van der Waals surface area contributed by atoms with E-state index in [9.17, 15) is 0 Å². The van der Waals surface area contributed by atoms with Crippen molar-refractivity contribution in [2.45, 2.75) is 13.5 Å². The quantitative estimate of drug-likeness (QED) is 0.235. The maximum absolute atomic E-state index is 4.79. The van der Waals surface area contributed by atoms with Crippen LogP contribution >= 0.6 is 0 Å². The number of hydrazone groups is 1. The zero-order chi connectivity index (χ0) is 21.3. The molecule has 31 heavy (non-hydrogen) atoms. The summed E-state index contributed by atoms with van der Waals surface area (Å²) < 4.78 is 0. The summed E-state index contributed by atoms with van der Waals surface area (Å²) in [7, 11) is 0. The third-order valence-corrected chi connectivity index (χ3v) is 5.18. The predicted molar refractivity (Wildman–Crippen MR) is 132 cm³/mol. The molecule has 4 aromatic carbocycles. The standard InChI is InChI=1S/C28H27N3/c1-2-30(23-25-12-6-3-7-13-25)26-20-18-24(19-21-26)22-29-31(27-14-8-4-9-15-27)28-16-10-5-11-17-28/h3-22H,2,23H2,1H3/b29-22-. The van der Waals surface area contributed by atoms with Crippen molar-refractivity contribution < 1.29 is 0 Å². The summed E-state index contributed by atoms with van der Waals surface area (Å²) in [6.07, 6.45) is 1.91. The monoisotopic (exact) mass is 405 g/mol. The molecule has 0 N–H and O–H groups in total. The zero-order valence-corrected chi connectivity index (χ0v) is 17.8. The van der Waals surface area contributed by atoms with E-state index in [1.165, 1.54) is 11.3 Å². The van der Waals surface area contributed by atoms with Crippen LogP contribution in [0.25, 0.3) is 0 Å². The Morgan fingerprint density at radius 2 is 1.13 bits per heavy atom. The normalized spacial score (nSPS) is 10.9. The van der Waals surface area contributed by atoms with E-state index < -0.39 is 0 Å². The molecule has 0 fully saturated rings. The summed E-state index contributed by atoms with van der Waals surface area (Å²) >= 11 is 0. The van der Waals surface area contributed by atoms with Gasteiger partial charge in [0.2, 0.25) is 0 Å². The molecule has 4 aromatic rings. The molecular formula is C28H27N3. The summed E-state index contributed by atoms with van der Waals surface area (Å²) in [5, 5.41) is 6.75. The molecular weight excluding hydrogens is 378 g/mol. The lowest BCUT2D eigenvalue weighted by molar-refractivity contribution is 0.832. The lowest BCUT2D eigenvalue weighted by Crippen LogP contribution is -2.21. The van der Waals surface area contributed by atoms with Gasteiger partial charge in [-0.05, 0) is 54.4 Å². The van der Waals surface area contributed by atoms with E-state index in [4.69, 9.17) is 5.10 Å². The van der Waals surface area contributed by atoms with Gasteiger partial charge in [0.05, 0.1) is 17.6 Å². The van der Waals surface area contributed by atoms with Crippen LogP contribution in [0.2, 0.25) is 0 Å². The van der Waals surface area contributed by atoms with Gasteiger partial charge in [0.15, 0.2) is 0 Å². The van der Waals surface area contributed by atoms with Gasteiger partial charge >= 0.3 is 0 Å². The number of para-hydroxylation sites is 2. The second-order valence-electron chi connectivity index (χ2n) is 7.32. The maximum Gasteiger partial charge on any atom is 0.0652 e. The smallest absolute Gasteiger partial charge is 0.0652 e. The Morgan fingerprint density at radius 3 is 1.65 bits per heavy atom. The molecule has 0 radical (unpaired) electrons. The van der Waals surface area contributed by atoms with Gasteiger partial charge in [0.1, 0.15) is 0 Å². The number of nitrogens with zero attached hydrogens (tertiary/aromatic N) is 3. The highest BCUT2D eigenvalue weighted by atomic mass is 15.5. The summed E-state index contributed by atoms with van der Waals surface area (Å²) in [5.74, 6) is 0. The summed E-state index contributed by atoms with van der Waals surface area (Å²) in [5.41, 5.74) is 5.65. The van der Waals surface area contributed by atoms with Crippen molar-refractivity contribution >= 4 is 23.3 Å². The highest BCUT2D eigenvalue weighted by molar-refractivity contribution is 5.82. The highest BCUT2D eigenvalue weighted by Crippen LogP contribution is 2.25. The fourth-order valence-electron chi connectivity index (χ4n) is 3.51. The van der Waals surface area contributed by atoms with Gasteiger partial charge in [0.25, 0.3) is 0 Å². The highest BCUT2D eigenvalue weighted by Gasteiger charge is 2.07. The van der Waals surface area contributed by atoms with E-state index in [0.29, 0.717) is 0 Å². The molecule has 0 amide bonds. The fourth-order valence-corrected chi connectivity index (χ4v) is 3.51. The summed E-state index contributed by atoms with van der Waals surface area (Å²) in [6.45, 7) is 4.05. The number of hydrogen-bond acceptors (Lipinski definition) is 3. The van der Waals surface area contributed by atoms with Crippen molar-refractivity contribution in [2.75, 3.05) is 16.5 Å². The molecule has 0 aromatic heterocycles. The third-order valence-electron chi connectivity index (χ3n) is 5.18. The minimum Gasteiger partial charge on any atom is -0.367 e. The van der Waals surface area contributed by atoms with Gasteiger partial charge in [-0.15, -0.1) is 0 Å². The van der Waals surface area contributed by atoms with E-state index in [-0.39, 0.29) is 0 Å². The van der Waals surface area contributed by atoms with Crippen LogP contribution in [0.3, 0.4) is 0 Å². The largest absolute Gasteiger partial charge is 0.367 e. The molecule has 4 rings (SSSR count). The maximum atomic E-state index is 4.79. The molecule has 0 heterocycles. The van der Waals surface area contributed by atoms with Crippen molar-refractivity contribution in [3.05, 3.63) is 126 Å². The Balaban J connectivity index is 1.52. The van der Waals surface area contributed by atoms with Crippen LogP contribution in [0.5, 0.6) is 0 Å². The first kappa shape index (κ1) is 20.4. The lowest BCUT2D eigenvalue weighted by Gasteiger charge is -2.23. The van der Waals surface area contributed by atoms with Crippen LogP contribution < -0.4 is 9.91 Å². The molecule has 0 aliphatic rings. The molecule has 3 nitrogen and oxygen atoms in total. The van der Waals surface area contributed by atoms with Crippen LogP contribution in [0.1, 0.15) is 18.1 Å². The topological polar surface area (TPSA) is 18.8 Å². The molecule has 0 spiro atoms. The third kappa shape index (κ3) is 5.40. The number of benzene rings is 4. The van der Waals surface area contributed by atoms with E-state index in [0.717, 1.165) is 30.0 Å². The molecule has 154 valence electrons. The van der Waals surface area contributed by atoms with Crippen LogP contribution in [-0.2, 0) is 6.54 Å². The second kappa shape index (κ2) is 10.3. The average Bonchev–Trinajstić information content (AvgIpc) is 2.85. The van der Waals surface area contributed by atoms with E-state index in [2.05, 4.69) is 90.7 Å². The van der Waals surface area contributed by atoms with E-state index in [1.807, 2.05) is 47.6 Å². The lowest BCUT2D eigenvalue weighted by atomic mass is 10.1. The Kier molecular flexibility index (Phi) is 6.76. The predicted octanol–water partition coefficient (Wildman–Crippen LogP) is 6.89. The zero-order valence-electron chi connectivity index (χ0n) is 17.8. The van der Waals surface area contributed by atoms with Gasteiger partial charge in [-0.25, -0.2) is 5.01 Å². The van der Waals surface area contributed by atoms with E-state index in [1.54, 1.807) is 0 Å². The Morgan fingerprint density at radius 1 is 0.613 bits per heavy atom. The molecule has 0 saturated heterocycles. The average molecular weight is 406 g/mol. The summed E-state index contributed by atoms with van der Waals surface area (Å²) in [4.78, 5) is 2.37. The minimum atomic E-state index is 0.903. The molecule has 0 atom stereocenters. The van der Waals surface area contributed by atoms with Gasteiger partial charge in [0, 0.05) is 18.8 Å². The van der Waals surface area contributed by atoms with Crippen LogP contribution in [0.15, 0.2) is 120 Å². The number of anilines is 3. The first-order valence-corrected chi connectivity index (χ1v) is 10.7. The van der Waals surface area contributed by atoms with E-state index >= 15 is 0 Å². The van der Waals surface area contributed by atoms with Crippen LogP contribution in [0, 0.1) is 0 Å². The SMILES string of the molecule is CCN(Cc1ccccc1)c1ccc(/C=N\N(c2ccccc2)c2ccccc2)cc1. The fraction of sp³-hybridized carbons (Fsp3) is 0.107. The first-order chi connectivity index (χ1) is 15.3. The Hall–Kier alpha value is -3.85. The molecule has 3 heteroatoms. The Bertz CT molecular complexity index is 1040. The number of rotatable bonds is 8. The minimum absolute atomic E-state index is 0.903. The molecule has 0 bridgehead atoms. The number of hydrogen-bond donors (Lipinski definition) is 0. The van der Waals surface area contributed by atoms with Gasteiger partial charge in [-0.3, -0.25) is 0 Å². The van der Waals surface area contributed by atoms with Crippen molar-refractivity contribution in [2.24, 2.45) is 5.10 Å². The Labute approximate surface area is 184 Å². The van der Waals surface area contributed by atoms with Crippen LogP contribution in [0.4, 0.5) is 17.1 Å². The van der Waals surface area contributed by atoms with Crippen LogP contribution in [-0.4, -0.2) is 12.8 Å². The van der Waals surface area contributed by atoms with Crippen molar-refractivity contribution in [1.29, 1.82) is 0 Å². The molecule has 0 aliphatic heterocycles. The second-order valence-corrected chi connectivity index (χ2v) is 7.32. The summed E-state index contributed by atoms with van der Waals surface area (Å²) in [6, 6.07) is 39.6. The van der Waals surface area contributed by atoms with Gasteiger partial charge in [-0.2, -0.15) is 5.10 Å². The first-order valence-electron chi connectivity index (χ1n) is 10.7. The van der Waals surface area contributed by atoms with Gasteiger partial charge in [-0.1, -0.05) is 78.9 Å².